The van der Waals surface area contributed by atoms with E-state index in [0.717, 1.165) is 35.4 Å². The van der Waals surface area contributed by atoms with Crippen LogP contribution in [0.25, 0.3) is 0 Å². The number of thiazole rings is 1. The van der Waals surface area contributed by atoms with E-state index in [-0.39, 0.29) is 24.0 Å². The standard InChI is InChI=1S/C19H29N5OS.HI/c1-5-20-19(23-14-18-21-12-15(2)26-18)22-13-16-8-6-7-9-17(16)25-11-10-24(3)4;/h6-9,12H,5,10-11,13-14H2,1-4H3,(H2,20,22,23);1H. The molecule has 0 unspecified atom stereocenters. The Labute approximate surface area is 183 Å². The molecule has 0 spiro atoms. The molecule has 2 rings (SSSR count). The quantitative estimate of drug-likeness (QED) is 0.313. The summed E-state index contributed by atoms with van der Waals surface area (Å²) < 4.78 is 5.91. The third kappa shape index (κ3) is 8.89. The van der Waals surface area contributed by atoms with Crippen molar-refractivity contribution in [3.63, 3.8) is 0 Å². The van der Waals surface area contributed by atoms with Crippen molar-refractivity contribution in [2.24, 2.45) is 4.99 Å². The molecule has 2 aromatic rings. The Kier molecular flexibility index (Phi) is 11.3. The van der Waals surface area contributed by atoms with Crippen LogP contribution in [0.3, 0.4) is 0 Å². The van der Waals surface area contributed by atoms with Crippen LogP contribution in [0, 0.1) is 6.92 Å². The van der Waals surface area contributed by atoms with Gasteiger partial charge >= 0.3 is 0 Å². The van der Waals surface area contributed by atoms with Crippen LogP contribution in [-0.2, 0) is 13.1 Å². The van der Waals surface area contributed by atoms with E-state index in [9.17, 15) is 0 Å². The van der Waals surface area contributed by atoms with Gasteiger partial charge in [-0.15, -0.1) is 35.3 Å². The molecule has 0 amide bonds. The van der Waals surface area contributed by atoms with Crippen molar-refractivity contribution < 1.29 is 4.74 Å². The predicted octanol–water partition coefficient (Wildman–Crippen LogP) is 3.27. The van der Waals surface area contributed by atoms with Crippen LogP contribution in [0.4, 0.5) is 0 Å². The Morgan fingerprint density at radius 2 is 2.04 bits per heavy atom. The van der Waals surface area contributed by atoms with Gasteiger partial charge < -0.3 is 20.3 Å². The van der Waals surface area contributed by atoms with E-state index >= 15 is 0 Å². The minimum atomic E-state index is 0. The maximum atomic E-state index is 5.91. The monoisotopic (exact) mass is 503 g/mol. The topological polar surface area (TPSA) is 61.8 Å². The van der Waals surface area contributed by atoms with Gasteiger partial charge in [0.1, 0.15) is 17.4 Å². The number of para-hydroxylation sites is 1. The molecule has 0 fully saturated rings. The van der Waals surface area contributed by atoms with E-state index in [4.69, 9.17) is 9.73 Å². The molecule has 0 saturated heterocycles. The fourth-order valence-electron chi connectivity index (χ4n) is 2.26. The van der Waals surface area contributed by atoms with Crippen LogP contribution in [0.15, 0.2) is 35.5 Å². The van der Waals surface area contributed by atoms with Gasteiger partial charge in [0.2, 0.25) is 0 Å². The summed E-state index contributed by atoms with van der Waals surface area (Å²) >= 11 is 1.70. The molecule has 0 atom stereocenters. The second-order valence-corrected chi connectivity index (χ2v) is 7.49. The smallest absolute Gasteiger partial charge is 0.191 e. The van der Waals surface area contributed by atoms with E-state index < -0.39 is 0 Å². The summed E-state index contributed by atoms with van der Waals surface area (Å²) in [5.41, 5.74) is 1.08. The number of rotatable bonds is 9. The lowest BCUT2D eigenvalue weighted by molar-refractivity contribution is 0.259. The van der Waals surface area contributed by atoms with Gasteiger partial charge in [0.05, 0.1) is 13.1 Å². The van der Waals surface area contributed by atoms with Crippen molar-refractivity contribution in [2.45, 2.75) is 26.9 Å². The Hall–Kier alpha value is -1.39. The van der Waals surface area contributed by atoms with Crippen LogP contribution in [0.2, 0.25) is 0 Å². The van der Waals surface area contributed by atoms with Gasteiger partial charge in [-0.3, -0.25) is 0 Å². The van der Waals surface area contributed by atoms with Gasteiger partial charge in [-0.05, 0) is 34.0 Å². The van der Waals surface area contributed by atoms with E-state index in [1.165, 1.54) is 4.88 Å². The highest BCUT2D eigenvalue weighted by Gasteiger charge is 2.05. The molecule has 1 heterocycles. The van der Waals surface area contributed by atoms with Crippen LogP contribution >= 0.6 is 35.3 Å². The SMILES string of the molecule is CCNC(=NCc1ccccc1OCCN(C)C)NCc1ncc(C)s1.I. The molecular weight excluding hydrogens is 473 g/mol. The van der Waals surface area contributed by atoms with Crippen molar-refractivity contribution in [2.75, 3.05) is 33.8 Å². The lowest BCUT2D eigenvalue weighted by atomic mass is 10.2. The predicted molar refractivity (Wildman–Crippen MR) is 124 cm³/mol. The van der Waals surface area contributed by atoms with E-state index in [2.05, 4.69) is 40.4 Å². The van der Waals surface area contributed by atoms with E-state index in [1.54, 1.807) is 11.3 Å². The Balaban J connectivity index is 0.00000364. The molecule has 0 radical (unpaired) electrons. The molecule has 27 heavy (non-hydrogen) atoms. The molecule has 0 bridgehead atoms. The minimum absolute atomic E-state index is 0. The zero-order chi connectivity index (χ0) is 18.8. The number of hydrogen-bond acceptors (Lipinski definition) is 5. The first-order valence-electron chi connectivity index (χ1n) is 8.87. The van der Waals surface area contributed by atoms with Crippen molar-refractivity contribution >= 4 is 41.3 Å². The van der Waals surface area contributed by atoms with Gasteiger partial charge in [-0.25, -0.2) is 9.98 Å². The third-order valence-electron chi connectivity index (χ3n) is 3.60. The fourth-order valence-corrected chi connectivity index (χ4v) is 2.99. The van der Waals surface area contributed by atoms with Gasteiger partial charge in [0.15, 0.2) is 5.96 Å². The highest BCUT2D eigenvalue weighted by atomic mass is 127. The molecule has 0 aliphatic heterocycles. The molecular formula is C19H30IN5OS. The minimum Gasteiger partial charge on any atom is -0.492 e. The van der Waals surface area contributed by atoms with Crippen LogP contribution in [-0.4, -0.2) is 49.6 Å². The summed E-state index contributed by atoms with van der Waals surface area (Å²) in [6, 6.07) is 8.07. The van der Waals surface area contributed by atoms with E-state index in [1.807, 2.05) is 38.5 Å². The molecule has 0 aliphatic carbocycles. The largest absolute Gasteiger partial charge is 0.492 e. The number of likely N-dealkylation sites (N-methyl/N-ethyl adjacent to an activating group) is 1. The fraction of sp³-hybridized carbons (Fsp3) is 0.474. The van der Waals surface area contributed by atoms with Gasteiger partial charge in [0, 0.05) is 29.7 Å². The van der Waals surface area contributed by atoms with Crippen molar-refractivity contribution in [1.29, 1.82) is 0 Å². The molecule has 1 aromatic heterocycles. The number of benzene rings is 1. The van der Waals surface area contributed by atoms with Crippen LogP contribution in [0.5, 0.6) is 5.75 Å². The summed E-state index contributed by atoms with van der Waals surface area (Å²) in [6.45, 7) is 7.71. The van der Waals surface area contributed by atoms with Gasteiger partial charge in [0.25, 0.3) is 0 Å². The number of guanidine groups is 1. The lowest BCUT2D eigenvalue weighted by Gasteiger charge is -2.14. The second kappa shape index (κ2) is 12.9. The van der Waals surface area contributed by atoms with Gasteiger partial charge in [-0.2, -0.15) is 0 Å². The van der Waals surface area contributed by atoms with Crippen molar-refractivity contribution in [3.8, 4) is 5.75 Å². The van der Waals surface area contributed by atoms with Crippen molar-refractivity contribution in [3.05, 3.63) is 45.9 Å². The lowest BCUT2D eigenvalue weighted by Crippen LogP contribution is -2.36. The zero-order valence-electron chi connectivity index (χ0n) is 16.5. The molecule has 6 nitrogen and oxygen atoms in total. The summed E-state index contributed by atoms with van der Waals surface area (Å²) in [5, 5.41) is 7.67. The number of halogens is 1. The zero-order valence-corrected chi connectivity index (χ0v) is 19.6. The highest BCUT2D eigenvalue weighted by Crippen LogP contribution is 2.19. The normalized spacial score (nSPS) is 11.2. The maximum Gasteiger partial charge on any atom is 0.191 e. The average molecular weight is 503 g/mol. The van der Waals surface area contributed by atoms with Crippen molar-refractivity contribution in [1.82, 2.24) is 20.5 Å². The summed E-state index contributed by atoms with van der Waals surface area (Å²) in [6.07, 6.45) is 1.90. The maximum absolute atomic E-state index is 5.91. The van der Waals surface area contributed by atoms with Gasteiger partial charge in [-0.1, -0.05) is 18.2 Å². The third-order valence-corrected chi connectivity index (χ3v) is 4.51. The summed E-state index contributed by atoms with van der Waals surface area (Å²) in [5.74, 6) is 1.67. The van der Waals surface area contributed by atoms with Crippen LogP contribution < -0.4 is 15.4 Å². The number of nitrogens with one attached hydrogen (secondary N) is 2. The first-order valence-corrected chi connectivity index (χ1v) is 9.69. The molecule has 1 aromatic carbocycles. The second-order valence-electron chi connectivity index (χ2n) is 6.17. The number of aliphatic imine (C=N–C) groups is 1. The number of aromatic nitrogens is 1. The summed E-state index contributed by atoms with van der Waals surface area (Å²) in [4.78, 5) is 12.4. The molecule has 150 valence electrons. The molecule has 0 saturated carbocycles. The Bertz CT molecular complexity index is 705. The highest BCUT2D eigenvalue weighted by molar-refractivity contribution is 14.0. The number of nitrogens with zero attached hydrogens (tertiary/aromatic N) is 3. The first kappa shape index (κ1) is 23.6. The number of hydrogen-bond donors (Lipinski definition) is 2. The number of ether oxygens (including phenoxy) is 1. The summed E-state index contributed by atoms with van der Waals surface area (Å²) in [7, 11) is 4.08. The first-order chi connectivity index (χ1) is 12.6. The molecule has 8 heteroatoms. The van der Waals surface area contributed by atoms with Crippen LogP contribution in [0.1, 0.15) is 22.4 Å². The molecule has 2 N–H and O–H groups in total. The molecule has 0 aliphatic rings. The Morgan fingerprint density at radius 1 is 1.26 bits per heavy atom. The van der Waals surface area contributed by atoms with E-state index in [0.29, 0.717) is 19.7 Å². The number of aryl methyl sites for hydroxylation is 1. The average Bonchev–Trinajstić information content (AvgIpc) is 3.03. The Morgan fingerprint density at radius 3 is 2.70 bits per heavy atom.